The Kier molecular flexibility index (Phi) is 4.57. The van der Waals surface area contributed by atoms with Crippen molar-refractivity contribution in [2.75, 3.05) is 0 Å². The van der Waals surface area contributed by atoms with E-state index in [1.165, 1.54) is 0 Å². The van der Waals surface area contributed by atoms with Gasteiger partial charge in [0.1, 0.15) is 11.2 Å². The molecule has 1 nitrogen and oxygen atoms in total. The van der Waals surface area contributed by atoms with Gasteiger partial charge in [-0.15, -0.1) is 0 Å². The zero-order valence-corrected chi connectivity index (χ0v) is 27.1. The lowest BCUT2D eigenvalue weighted by Crippen LogP contribution is -1.92. The van der Waals surface area contributed by atoms with Crippen LogP contribution in [0.5, 0.6) is 0 Å². The largest absolute Gasteiger partial charge is 0.456 e. The number of benzene rings is 10. The van der Waals surface area contributed by atoms with Gasteiger partial charge in [-0.1, -0.05) is 158 Å². The maximum absolute atomic E-state index is 9.51. The van der Waals surface area contributed by atoms with E-state index >= 15 is 0 Å². The highest BCUT2D eigenvalue weighted by molar-refractivity contribution is 6.25. The normalized spacial score (nSPS) is 14.1. The zero-order chi connectivity index (χ0) is 40.4. The molecule has 0 bridgehead atoms. The Morgan fingerprint density at radius 3 is 1.49 bits per heavy atom. The molecule has 0 fully saturated rings. The van der Waals surface area contributed by atoms with Crippen LogP contribution in [0, 0.1) is 0 Å². The van der Waals surface area contributed by atoms with Crippen molar-refractivity contribution in [1.82, 2.24) is 0 Å². The second kappa shape index (κ2) is 10.9. The van der Waals surface area contributed by atoms with Gasteiger partial charge in [-0.2, -0.15) is 0 Å². The third kappa shape index (κ3) is 4.22. The number of furan rings is 1. The SMILES string of the molecule is [2H]c1c([2H])c([2H])c2c(-c3cccc4ccc(-c5ccc6oc7ccc8ccccc8c7c6c5)cc34)c3c([2H])c([2H])c([2H])c([2H])c3c(-c3cccc4ccccc34)c2c1[2H]. The monoisotopic (exact) mass is 654 g/mol. The molecule has 10 aromatic carbocycles. The summed E-state index contributed by atoms with van der Waals surface area (Å²) in [4.78, 5) is 0. The lowest BCUT2D eigenvalue weighted by atomic mass is 9.83. The Bertz CT molecular complexity index is 3580. The number of rotatable bonds is 3. The Balaban J connectivity index is 1.28. The first-order valence-corrected chi connectivity index (χ1v) is 16.9. The molecule has 1 heteroatoms. The van der Waals surface area contributed by atoms with Gasteiger partial charge in [0, 0.05) is 10.8 Å². The molecule has 11 aromatic rings. The Labute approximate surface area is 305 Å². The highest BCUT2D eigenvalue weighted by atomic mass is 16.3. The van der Waals surface area contributed by atoms with Crippen molar-refractivity contribution in [3.63, 3.8) is 0 Å². The molecule has 0 spiro atoms. The molecule has 1 heterocycles. The minimum Gasteiger partial charge on any atom is -0.456 e. The summed E-state index contributed by atoms with van der Waals surface area (Å²) >= 11 is 0. The Hall–Kier alpha value is -6.70. The molecule has 0 saturated carbocycles. The highest BCUT2D eigenvalue weighted by Crippen LogP contribution is 2.47. The zero-order valence-electron chi connectivity index (χ0n) is 35.1. The molecule has 0 radical (unpaired) electrons. The molecule has 11 rings (SSSR count). The van der Waals surface area contributed by atoms with Crippen molar-refractivity contribution < 1.29 is 15.4 Å². The van der Waals surface area contributed by atoms with E-state index in [4.69, 9.17) is 9.90 Å². The summed E-state index contributed by atoms with van der Waals surface area (Å²) in [7, 11) is 0. The fourth-order valence-corrected chi connectivity index (χ4v) is 8.00. The molecule has 0 atom stereocenters. The quantitative estimate of drug-likeness (QED) is 0.173. The first-order chi connectivity index (χ1) is 28.6. The molecule has 236 valence electrons. The van der Waals surface area contributed by atoms with E-state index in [2.05, 4.69) is 30.3 Å². The van der Waals surface area contributed by atoms with Crippen molar-refractivity contribution in [3.05, 3.63) is 182 Å². The predicted octanol–water partition coefficient (Wildman–Crippen LogP) is 14.4. The van der Waals surface area contributed by atoms with E-state index in [-0.39, 0.29) is 45.7 Å². The minimum absolute atomic E-state index is 0.188. The molecular formula is C50H30O. The topological polar surface area (TPSA) is 13.1 Å². The van der Waals surface area contributed by atoms with Gasteiger partial charge in [0.05, 0.1) is 11.0 Å². The Morgan fingerprint density at radius 2 is 0.824 bits per heavy atom. The average Bonchev–Trinajstić information content (AvgIpc) is 3.66. The molecule has 0 unspecified atom stereocenters. The van der Waals surface area contributed by atoms with Crippen LogP contribution < -0.4 is 0 Å². The van der Waals surface area contributed by atoms with E-state index in [1.54, 1.807) is 0 Å². The van der Waals surface area contributed by atoms with Crippen LogP contribution in [0.25, 0.3) is 109 Å². The standard InChI is InChI=1S/C50H30O/c1-3-15-36-31(11-1)13-9-21-38(36)48-39-17-5-7-19-41(39)49(42-20-8-6-18-40(42)48)43-22-10-14-33-23-24-34(29-44(33)43)35-26-27-46-45(30-35)50-37-16-4-2-12-32(37)25-28-47(50)51-46/h1-30H/i5D,6D,7D,8D,17D,18D,19D,20D. The van der Waals surface area contributed by atoms with Crippen LogP contribution in [0.15, 0.2) is 186 Å². The van der Waals surface area contributed by atoms with Crippen LogP contribution in [0.3, 0.4) is 0 Å². The lowest BCUT2D eigenvalue weighted by Gasteiger charge is -2.20. The minimum atomic E-state index is -0.429. The Morgan fingerprint density at radius 1 is 0.353 bits per heavy atom. The van der Waals surface area contributed by atoms with Crippen LogP contribution in [0.1, 0.15) is 11.0 Å². The first kappa shape index (κ1) is 21.4. The van der Waals surface area contributed by atoms with Gasteiger partial charge < -0.3 is 4.42 Å². The third-order valence-electron chi connectivity index (χ3n) is 10.3. The predicted molar refractivity (Wildman–Crippen MR) is 218 cm³/mol. The van der Waals surface area contributed by atoms with Gasteiger partial charge in [-0.25, -0.2) is 0 Å². The third-order valence-corrected chi connectivity index (χ3v) is 10.3. The van der Waals surface area contributed by atoms with Crippen LogP contribution in [-0.2, 0) is 0 Å². The van der Waals surface area contributed by atoms with Crippen LogP contribution in [0.2, 0.25) is 0 Å². The molecule has 1 aromatic heterocycles. The summed E-state index contributed by atoms with van der Waals surface area (Å²) in [5.41, 5.74) is 5.26. The molecule has 51 heavy (non-hydrogen) atoms. The summed E-state index contributed by atoms with van der Waals surface area (Å²) in [6.07, 6.45) is 0. The van der Waals surface area contributed by atoms with Crippen molar-refractivity contribution in [2.24, 2.45) is 0 Å². The van der Waals surface area contributed by atoms with Crippen molar-refractivity contribution in [3.8, 4) is 33.4 Å². The van der Waals surface area contributed by atoms with Gasteiger partial charge in [-0.05, 0) is 112 Å². The maximum Gasteiger partial charge on any atom is 0.136 e. The van der Waals surface area contributed by atoms with Crippen molar-refractivity contribution >= 4 is 75.8 Å². The second-order valence-electron chi connectivity index (χ2n) is 13.0. The first-order valence-electron chi connectivity index (χ1n) is 20.9. The molecular weight excluding hydrogens is 617 g/mol. The highest BCUT2D eigenvalue weighted by Gasteiger charge is 2.19. The van der Waals surface area contributed by atoms with Crippen molar-refractivity contribution in [2.45, 2.75) is 0 Å². The van der Waals surface area contributed by atoms with Gasteiger partial charge in [0.15, 0.2) is 0 Å². The molecule has 0 N–H and O–H groups in total. The van der Waals surface area contributed by atoms with E-state index in [1.807, 2.05) is 103 Å². The van der Waals surface area contributed by atoms with Gasteiger partial charge in [0.2, 0.25) is 0 Å². The van der Waals surface area contributed by atoms with Crippen LogP contribution in [0.4, 0.5) is 0 Å². The number of fused-ring (bicyclic) bond motifs is 9. The fraction of sp³-hybridized carbons (Fsp3) is 0. The van der Waals surface area contributed by atoms with E-state index in [0.29, 0.717) is 22.3 Å². The molecule has 0 aliphatic rings. The van der Waals surface area contributed by atoms with Gasteiger partial charge in [-0.3, -0.25) is 0 Å². The molecule has 0 aliphatic carbocycles. The number of hydrogen-bond donors (Lipinski definition) is 0. The maximum atomic E-state index is 9.51. The molecule has 0 saturated heterocycles. The van der Waals surface area contributed by atoms with Crippen LogP contribution in [-0.4, -0.2) is 0 Å². The smallest absolute Gasteiger partial charge is 0.136 e. The van der Waals surface area contributed by atoms with E-state index in [0.717, 1.165) is 65.4 Å². The summed E-state index contributed by atoms with van der Waals surface area (Å²) in [5, 5.41) is 8.27. The van der Waals surface area contributed by atoms with Crippen LogP contribution >= 0.6 is 0 Å². The average molecular weight is 655 g/mol. The summed E-state index contributed by atoms with van der Waals surface area (Å²) in [6, 6.07) is 40.8. The summed E-state index contributed by atoms with van der Waals surface area (Å²) in [6.45, 7) is 0. The second-order valence-corrected chi connectivity index (χ2v) is 13.0. The summed E-state index contributed by atoms with van der Waals surface area (Å²) < 4.78 is 79.9. The summed E-state index contributed by atoms with van der Waals surface area (Å²) in [5.74, 6) is 0. The lowest BCUT2D eigenvalue weighted by molar-refractivity contribution is 0.669. The van der Waals surface area contributed by atoms with Crippen molar-refractivity contribution in [1.29, 1.82) is 0 Å². The van der Waals surface area contributed by atoms with Gasteiger partial charge in [0.25, 0.3) is 0 Å². The number of hydrogen-bond acceptors (Lipinski definition) is 1. The van der Waals surface area contributed by atoms with E-state index in [9.17, 15) is 5.48 Å². The van der Waals surface area contributed by atoms with E-state index < -0.39 is 24.2 Å². The molecule has 0 aliphatic heterocycles. The fourth-order valence-electron chi connectivity index (χ4n) is 8.00. The molecule has 0 amide bonds. The van der Waals surface area contributed by atoms with Gasteiger partial charge >= 0.3 is 0 Å².